The van der Waals surface area contributed by atoms with Crippen molar-refractivity contribution in [1.29, 1.82) is 5.41 Å². The minimum atomic E-state index is -0.633. The first-order chi connectivity index (χ1) is 13.3. The molecule has 0 saturated carbocycles. The maximum Gasteiger partial charge on any atom is 0.339 e. The van der Waals surface area contributed by atoms with Crippen molar-refractivity contribution < 1.29 is 24.2 Å². The van der Waals surface area contributed by atoms with Gasteiger partial charge < -0.3 is 16.0 Å². The van der Waals surface area contributed by atoms with Crippen LogP contribution < -0.4 is 11.1 Å². The van der Waals surface area contributed by atoms with Gasteiger partial charge in [-0.2, -0.15) is 4.89 Å². The van der Waals surface area contributed by atoms with Crippen LogP contribution in [0.2, 0.25) is 0 Å². The number of nitrogens with two attached hydrogens (primary N) is 1. The molecule has 1 unspecified atom stereocenters. The molecule has 1 heterocycles. The number of carbonyl (C=O) groups is 3. The van der Waals surface area contributed by atoms with Crippen molar-refractivity contribution in [2.75, 3.05) is 13.1 Å². The highest BCUT2D eigenvalue weighted by Crippen LogP contribution is 2.16. The van der Waals surface area contributed by atoms with Gasteiger partial charge in [0.2, 0.25) is 5.91 Å². The molecule has 1 aliphatic heterocycles. The summed E-state index contributed by atoms with van der Waals surface area (Å²) in [5.41, 5.74) is 6.33. The predicted octanol–water partition coefficient (Wildman–Crippen LogP) is 0.965. The van der Waals surface area contributed by atoms with Crippen LogP contribution in [0.25, 0.3) is 0 Å². The maximum atomic E-state index is 12.8. The Balaban J connectivity index is 1.90. The summed E-state index contributed by atoms with van der Waals surface area (Å²) >= 11 is 0. The van der Waals surface area contributed by atoms with Crippen LogP contribution in [0, 0.1) is 5.41 Å². The van der Waals surface area contributed by atoms with Crippen LogP contribution in [0.5, 0.6) is 0 Å². The summed E-state index contributed by atoms with van der Waals surface area (Å²) in [4.78, 5) is 47.2. The molecule has 1 aromatic carbocycles. The first kappa shape index (κ1) is 21.4. The summed E-state index contributed by atoms with van der Waals surface area (Å²) in [7, 11) is 0. The van der Waals surface area contributed by atoms with Crippen LogP contribution in [0.15, 0.2) is 24.3 Å². The van der Waals surface area contributed by atoms with Crippen molar-refractivity contribution in [3.63, 3.8) is 0 Å². The molecule has 28 heavy (non-hydrogen) atoms. The maximum absolute atomic E-state index is 12.8. The smallest absolute Gasteiger partial charge is 0.339 e. The van der Waals surface area contributed by atoms with Gasteiger partial charge in [0.25, 0.3) is 5.91 Å². The van der Waals surface area contributed by atoms with Crippen molar-refractivity contribution in [2.45, 2.75) is 45.3 Å². The van der Waals surface area contributed by atoms with Crippen LogP contribution in [-0.4, -0.2) is 53.8 Å². The first-order valence-corrected chi connectivity index (χ1v) is 9.19. The van der Waals surface area contributed by atoms with E-state index >= 15 is 0 Å². The lowest BCUT2D eigenvalue weighted by molar-refractivity contribution is -0.301. The zero-order chi connectivity index (χ0) is 20.7. The fourth-order valence-electron chi connectivity index (χ4n) is 2.91. The summed E-state index contributed by atoms with van der Waals surface area (Å²) in [6, 6.07) is 5.69. The fraction of sp³-hybridized carbons (Fsp3) is 0.474. The molecule has 0 spiro atoms. The molecule has 2 rings (SSSR count). The topological polar surface area (TPSA) is 135 Å². The molecule has 152 valence electrons. The molecule has 0 bridgehead atoms. The molecule has 9 heteroatoms. The normalized spacial score (nSPS) is 15.6. The van der Waals surface area contributed by atoms with E-state index in [9.17, 15) is 14.4 Å². The molecular weight excluding hydrogens is 364 g/mol. The van der Waals surface area contributed by atoms with Gasteiger partial charge in [0.15, 0.2) is 0 Å². The van der Waals surface area contributed by atoms with Gasteiger partial charge in [0.1, 0.15) is 18.0 Å². The van der Waals surface area contributed by atoms with E-state index in [0.717, 1.165) is 0 Å². The Labute approximate surface area is 163 Å². The summed E-state index contributed by atoms with van der Waals surface area (Å²) in [5.74, 6) is -1.09. The van der Waals surface area contributed by atoms with E-state index in [-0.39, 0.29) is 23.8 Å². The summed E-state index contributed by atoms with van der Waals surface area (Å²) in [5, 5.41) is 10.1. The Bertz CT molecular complexity index is 726. The quantitative estimate of drug-likeness (QED) is 0.275. The van der Waals surface area contributed by atoms with Gasteiger partial charge in [-0.05, 0) is 31.4 Å². The highest BCUT2D eigenvalue weighted by Gasteiger charge is 2.29. The number of piperidine rings is 1. The molecule has 4 N–H and O–H groups in total. The second-order valence-corrected chi connectivity index (χ2v) is 6.62. The van der Waals surface area contributed by atoms with E-state index < -0.39 is 12.0 Å². The zero-order valence-corrected chi connectivity index (χ0v) is 16.1. The van der Waals surface area contributed by atoms with Crippen LogP contribution in [-0.2, 0) is 19.4 Å². The third-order valence-electron chi connectivity index (χ3n) is 4.52. The highest BCUT2D eigenvalue weighted by atomic mass is 17.2. The Morgan fingerprint density at radius 2 is 1.79 bits per heavy atom. The fourth-order valence-corrected chi connectivity index (χ4v) is 2.91. The second kappa shape index (κ2) is 9.84. The van der Waals surface area contributed by atoms with Gasteiger partial charge in [-0.25, -0.2) is 4.79 Å². The SMILES string of the molecule is CCC(NC(=O)c1ccc(C(=N)N)cc1)C(=O)N1CCC(OOC(C)=O)CC1. The second-order valence-electron chi connectivity index (χ2n) is 6.62. The Morgan fingerprint density at radius 1 is 1.21 bits per heavy atom. The number of nitrogens with one attached hydrogen (secondary N) is 2. The zero-order valence-electron chi connectivity index (χ0n) is 16.1. The van der Waals surface area contributed by atoms with Gasteiger partial charge in [-0.3, -0.25) is 19.9 Å². The van der Waals surface area contributed by atoms with Crippen LogP contribution in [0.4, 0.5) is 0 Å². The lowest BCUT2D eigenvalue weighted by Gasteiger charge is -2.33. The molecule has 9 nitrogen and oxygen atoms in total. The van der Waals surface area contributed by atoms with Crippen molar-refractivity contribution in [3.8, 4) is 0 Å². The third kappa shape index (κ3) is 5.78. The van der Waals surface area contributed by atoms with Gasteiger partial charge in [-0.15, -0.1) is 0 Å². The Morgan fingerprint density at radius 3 is 2.29 bits per heavy atom. The Kier molecular flexibility index (Phi) is 7.51. The first-order valence-electron chi connectivity index (χ1n) is 9.19. The molecule has 1 aromatic rings. The summed E-state index contributed by atoms with van der Waals surface area (Å²) < 4.78 is 0. The lowest BCUT2D eigenvalue weighted by atomic mass is 10.1. The lowest BCUT2D eigenvalue weighted by Crippen LogP contribution is -2.51. The average molecular weight is 390 g/mol. The van der Waals surface area contributed by atoms with Gasteiger partial charge in [0.05, 0.1) is 0 Å². The van der Waals surface area contributed by atoms with E-state index in [0.29, 0.717) is 43.5 Å². The van der Waals surface area contributed by atoms with Gasteiger partial charge in [0, 0.05) is 31.1 Å². The third-order valence-corrected chi connectivity index (χ3v) is 4.52. The summed E-state index contributed by atoms with van der Waals surface area (Å²) in [6.45, 7) is 4.02. The molecule has 1 atom stereocenters. The number of nitrogens with zero attached hydrogens (tertiary/aromatic N) is 1. The molecule has 2 amide bonds. The van der Waals surface area contributed by atoms with Crippen LogP contribution in [0.3, 0.4) is 0 Å². The van der Waals surface area contributed by atoms with Crippen LogP contribution >= 0.6 is 0 Å². The molecule has 0 aliphatic carbocycles. The minimum Gasteiger partial charge on any atom is -0.384 e. The highest BCUT2D eigenvalue weighted by molar-refractivity contribution is 5.99. The molecule has 1 aliphatic rings. The number of amides is 2. The van der Waals surface area contributed by atoms with Crippen LogP contribution in [0.1, 0.15) is 49.0 Å². The number of likely N-dealkylation sites (tertiary alicyclic amines) is 1. The molecule has 0 radical (unpaired) electrons. The number of nitrogen functional groups attached to an aromatic ring is 1. The standard InChI is InChI=1S/C19H26N4O5/c1-3-16(22-18(25)14-6-4-13(5-7-14)17(20)21)19(26)23-10-8-15(9-11-23)28-27-12(2)24/h4-7,15-16H,3,8-11H2,1-2H3,(H3,20,21)(H,22,25). The largest absolute Gasteiger partial charge is 0.384 e. The van der Waals surface area contributed by atoms with E-state index in [1.54, 1.807) is 29.2 Å². The minimum absolute atomic E-state index is 0.0744. The average Bonchev–Trinajstić information content (AvgIpc) is 2.70. The molecule has 1 saturated heterocycles. The van der Waals surface area contributed by atoms with E-state index in [4.69, 9.17) is 16.0 Å². The number of benzene rings is 1. The molecular formula is C19H26N4O5. The molecule has 0 aromatic heterocycles. The van der Waals surface area contributed by atoms with E-state index in [1.165, 1.54) is 6.92 Å². The number of carbonyl (C=O) groups excluding carboxylic acids is 3. The number of amidine groups is 1. The number of hydrogen-bond donors (Lipinski definition) is 3. The summed E-state index contributed by atoms with van der Waals surface area (Å²) in [6.07, 6.45) is 1.33. The van der Waals surface area contributed by atoms with Crippen molar-refractivity contribution in [1.82, 2.24) is 10.2 Å². The predicted molar refractivity (Wildman–Crippen MR) is 101 cm³/mol. The van der Waals surface area contributed by atoms with Gasteiger partial charge >= 0.3 is 5.97 Å². The number of hydrogen-bond acceptors (Lipinski definition) is 6. The molecule has 1 fully saturated rings. The number of rotatable bonds is 7. The van der Waals surface area contributed by atoms with Gasteiger partial charge in [-0.1, -0.05) is 19.1 Å². The van der Waals surface area contributed by atoms with Crippen molar-refractivity contribution in [3.05, 3.63) is 35.4 Å². The van der Waals surface area contributed by atoms with Crippen molar-refractivity contribution >= 4 is 23.6 Å². The van der Waals surface area contributed by atoms with E-state index in [1.807, 2.05) is 6.92 Å². The Hall–Kier alpha value is -2.94. The van der Waals surface area contributed by atoms with E-state index in [2.05, 4.69) is 10.2 Å². The monoisotopic (exact) mass is 390 g/mol. The van der Waals surface area contributed by atoms with Crippen molar-refractivity contribution in [2.24, 2.45) is 5.73 Å².